The van der Waals surface area contributed by atoms with Gasteiger partial charge in [-0.25, -0.2) is 4.39 Å². The average Bonchev–Trinajstić information content (AvgIpc) is 2.69. The van der Waals surface area contributed by atoms with Gasteiger partial charge in [-0.3, -0.25) is 14.5 Å². The number of carbonyl (C=O) groups is 2. The van der Waals surface area contributed by atoms with Crippen LogP contribution in [0.5, 0.6) is 0 Å². The van der Waals surface area contributed by atoms with E-state index in [-0.39, 0.29) is 24.1 Å². The molecule has 4 rings (SSSR count). The quantitative estimate of drug-likeness (QED) is 0.839. The number of hydrogen-bond donors (Lipinski definition) is 0. The minimum Gasteiger partial charge on any atom is -0.347 e. The third kappa shape index (κ3) is 3.34. The number of ketones is 1. The van der Waals surface area contributed by atoms with E-state index in [4.69, 9.17) is 4.74 Å². The number of ether oxygens (including phenoxy) is 1. The van der Waals surface area contributed by atoms with Crippen molar-refractivity contribution in [2.75, 3.05) is 11.5 Å². The van der Waals surface area contributed by atoms with Crippen molar-refractivity contribution in [3.63, 3.8) is 0 Å². The van der Waals surface area contributed by atoms with Gasteiger partial charge in [0.1, 0.15) is 5.82 Å². The topological polar surface area (TPSA) is 46.6 Å². The van der Waals surface area contributed by atoms with Crippen LogP contribution in [0, 0.1) is 11.7 Å². The predicted molar refractivity (Wildman–Crippen MR) is 99.5 cm³/mol. The number of anilines is 1. The van der Waals surface area contributed by atoms with E-state index in [0.717, 1.165) is 5.56 Å². The Balaban J connectivity index is 1.68. The van der Waals surface area contributed by atoms with Gasteiger partial charge in [-0.05, 0) is 60.6 Å². The van der Waals surface area contributed by atoms with Gasteiger partial charge in [-0.15, -0.1) is 0 Å². The van der Waals surface area contributed by atoms with Crippen LogP contribution < -0.4 is 4.90 Å². The highest BCUT2D eigenvalue weighted by Crippen LogP contribution is 2.36. The van der Waals surface area contributed by atoms with Crippen LogP contribution in [0.3, 0.4) is 0 Å². The standard InChI is InChI=1S/C22H18FNO3/c23-18-8-6-16(7-9-18)14-17-15-27-22(12-10-20(25)11-13-22)24(21(17)26)19-4-2-1-3-5-19/h1-13,17H,14-15H2. The highest BCUT2D eigenvalue weighted by atomic mass is 19.1. The largest absolute Gasteiger partial charge is 0.347 e. The number of allylic oxidation sites excluding steroid dienone is 2. The van der Waals surface area contributed by atoms with Gasteiger partial charge in [-0.2, -0.15) is 0 Å². The van der Waals surface area contributed by atoms with Crippen molar-refractivity contribution in [3.05, 3.63) is 90.3 Å². The van der Waals surface area contributed by atoms with E-state index in [9.17, 15) is 14.0 Å². The summed E-state index contributed by atoms with van der Waals surface area (Å²) in [5, 5.41) is 0. The van der Waals surface area contributed by atoms with Crippen molar-refractivity contribution >= 4 is 17.4 Å². The molecule has 1 aliphatic heterocycles. The zero-order chi connectivity index (χ0) is 18.9. The van der Waals surface area contributed by atoms with E-state index in [1.807, 2.05) is 30.3 Å². The Labute approximate surface area is 156 Å². The van der Waals surface area contributed by atoms with Crippen molar-refractivity contribution in [1.29, 1.82) is 0 Å². The zero-order valence-corrected chi connectivity index (χ0v) is 14.5. The highest BCUT2D eigenvalue weighted by Gasteiger charge is 2.46. The van der Waals surface area contributed by atoms with Crippen LogP contribution in [-0.2, 0) is 20.7 Å². The highest BCUT2D eigenvalue weighted by molar-refractivity contribution is 6.03. The molecule has 27 heavy (non-hydrogen) atoms. The SMILES string of the molecule is O=C1C=CC2(C=C1)OCC(Cc1ccc(F)cc1)C(=O)N2c1ccccc1. The van der Waals surface area contributed by atoms with Gasteiger partial charge in [-0.1, -0.05) is 30.3 Å². The minimum atomic E-state index is -1.11. The molecule has 0 radical (unpaired) electrons. The molecular formula is C22H18FNO3. The number of carbonyl (C=O) groups excluding carboxylic acids is 2. The number of halogens is 1. The van der Waals surface area contributed by atoms with E-state index in [0.29, 0.717) is 12.1 Å². The molecule has 2 aliphatic rings. The van der Waals surface area contributed by atoms with Crippen LogP contribution in [-0.4, -0.2) is 24.0 Å². The van der Waals surface area contributed by atoms with Crippen LogP contribution in [0.15, 0.2) is 78.9 Å². The second-order valence-corrected chi connectivity index (χ2v) is 6.67. The summed E-state index contributed by atoms with van der Waals surface area (Å²) in [6.07, 6.45) is 6.53. The molecule has 0 saturated carbocycles. The first kappa shape index (κ1) is 17.4. The maximum absolute atomic E-state index is 13.4. The summed E-state index contributed by atoms with van der Waals surface area (Å²) >= 11 is 0. The molecule has 1 saturated heterocycles. The van der Waals surface area contributed by atoms with Crippen LogP contribution >= 0.6 is 0 Å². The van der Waals surface area contributed by atoms with E-state index in [1.165, 1.54) is 24.3 Å². The Kier molecular flexibility index (Phi) is 4.46. The lowest BCUT2D eigenvalue weighted by Crippen LogP contribution is -2.60. The summed E-state index contributed by atoms with van der Waals surface area (Å²) in [7, 11) is 0. The van der Waals surface area contributed by atoms with E-state index in [2.05, 4.69) is 0 Å². The molecule has 0 aromatic heterocycles. The molecule has 1 fully saturated rings. The lowest BCUT2D eigenvalue weighted by atomic mass is 9.92. The predicted octanol–water partition coefficient (Wildman–Crippen LogP) is 3.44. The van der Waals surface area contributed by atoms with Crippen LogP contribution in [0.1, 0.15) is 5.56 Å². The van der Waals surface area contributed by atoms with E-state index < -0.39 is 11.6 Å². The Bertz CT molecular complexity index is 902. The lowest BCUT2D eigenvalue weighted by Gasteiger charge is -2.46. The molecule has 4 nitrogen and oxygen atoms in total. The summed E-state index contributed by atoms with van der Waals surface area (Å²) in [5.41, 5.74) is 0.452. The fraction of sp³-hybridized carbons (Fsp3) is 0.182. The minimum absolute atomic E-state index is 0.0968. The molecule has 0 bridgehead atoms. The molecule has 1 heterocycles. The number of benzene rings is 2. The van der Waals surface area contributed by atoms with Crippen molar-refractivity contribution in [1.82, 2.24) is 0 Å². The first-order valence-electron chi connectivity index (χ1n) is 8.77. The average molecular weight is 363 g/mol. The molecular weight excluding hydrogens is 345 g/mol. The molecule has 1 unspecified atom stereocenters. The number of para-hydroxylation sites is 1. The Hall–Kier alpha value is -3.05. The number of rotatable bonds is 3. The van der Waals surface area contributed by atoms with Gasteiger partial charge in [0.2, 0.25) is 5.91 Å². The van der Waals surface area contributed by atoms with Gasteiger partial charge in [0.15, 0.2) is 11.5 Å². The summed E-state index contributed by atoms with van der Waals surface area (Å²) < 4.78 is 19.3. The smallest absolute Gasteiger partial charge is 0.235 e. The first-order valence-corrected chi connectivity index (χ1v) is 8.77. The molecule has 2 aromatic carbocycles. The van der Waals surface area contributed by atoms with Gasteiger partial charge < -0.3 is 4.74 Å². The van der Waals surface area contributed by atoms with Crippen molar-refractivity contribution < 1.29 is 18.7 Å². The fourth-order valence-corrected chi connectivity index (χ4v) is 3.44. The third-order valence-corrected chi connectivity index (χ3v) is 4.82. The molecule has 2 aromatic rings. The summed E-state index contributed by atoms with van der Waals surface area (Å²) in [5.74, 6) is -0.948. The third-order valence-electron chi connectivity index (χ3n) is 4.82. The summed E-state index contributed by atoms with van der Waals surface area (Å²) in [6.45, 7) is 0.211. The summed E-state index contributed by atoms with van der Waals surface area (Å²) in [6, 6.07) is 15.4. The van der Waals surface area contributed by atoms with Gasteiger partial charge >= 0.3 is 0 Å². The normalized spacial score (nSPS) is 21.1. The van der Waals surface area contributed by atoms with Crippen LogP contribution in [0.25, 0.3) is 0 Å². The lowest BCUT2D eigenvalue weighted by molar-refractivity contribution is -0.138. The van der Waals surface area contributed by atoms with Crippen molar-refractivity contribution in [2.45, 2.75) is 12.1 Å². The molecule has 1 atom stereocenters. The van der Waals surface area contributed by atoms with Crippen molar-refractivity contribution in [3.8, 4) is 0 Å². The van der Waals surface area contributed by atoms with Gasteiger partial charge in [0.25, 0.3) is 0 Å². The Morgan fingerprint density at radius 1 is 1.00 bits per heavy atom. The van der Waals surface area contributed by atoms with Crippen LogP contribution in [0.4, 0.5) is 10.1 Å². The molecule has 0 N–H and O–H groups in total. The van der Waals surface area contributed by atoms with Gasteiger partial charge in [0.05, 0.1) is 12.5 Å². The molecule has 5 heteroatoms. The van der Waals surface area contributed by atoms with E-state index in [1.54, 1.807) is 29.2 Å². The molecule has 1 aliphatic carbocycles. The second kappa shape index (κ2) is 6.93. The molecule has 1 amide bonds. The maximum atomic E-state index is 13.4. The molecule has 136 valence electrons. The Morgan fingerprint density at radius 3 is 2.33 bits per heavy atom. The maximum Gasteiger partial charge on any atom is 0.235 e. The Morgan fingerprint density at radius 2 is 1.67 bits per heavy atom. The zero-order valence-electron chi connectivity index (χ0n) is 14.5. The van der Waals surface area contributed by atoms with Crippen molar-refractivity contribution in [2.24, 2.45) is 5.92 Å². The van der Waals surface area contributed by atoms with E-state index >= 15 is 0 Å². The fourth-order valence-electron chi connectivity index (χ4n) is 3.44. The monoisotopic (exact) mass is 363 g/mol. The number of hydrogen-bond acceptors (Lipinski definition) is 3. The molecule has 1 spiro atoms. The second-order valence-electron chi connectivity index (χ2n) is 6.67. The number of amides is 1. The first-order chi connectivity index (χ1) is 13.1. The van der Waals surface area contributed by atoms with Gasteiger partial charge in [0, 0.05) is 5.69 Å². The van der Waals surface area contributed by atoms with Crippen LogP contribution in [0.2, 0.25) is 0 Å². The number of nitrogens with zero attached hydrogens (tertiary/aromatic N) is 1. The summed E-state index contributed by atoms with van der Waals surface area (Å²) in [4.78, 5) is 26.5.